The Labute approximate surface area is 295 Å². The van der Waals surface area contributed by atoms with Gasteiger partial charge in [0, 0.05) is 17.4 Å². The van der Waals surface area contributed by atoms with Gasteiger partial charge in [-0.1, -0.05) is 30.3 Å². The molecular weight excluding hydrogens is 731 g/mol. The number of aryl methyl sites for hydroxylation is 1. The summed E-state index contributed by atoms with van der Waals surface area (Å²) in [6, 6.07) is 6.47. The highest BCUT2D eigenvalue weighted by Crippen LogP contribution is 2.27. The van der Waals surface area contributed by atoms with Gasteiger partial charge in [0.15, 0.2) is 0 Å². The van der Waals surface area contributed by atoms with Crippen LogP contribution >= 0.6 is 20.7 Å². The molecule has 0 bridgehead atoms. The quantitative estimate of drug-likeness (QED) is 0.0559. The number of nitrogens with one attached hydrogen (secondary N) is 3. The largest absolute Gasteiger partial charge is 0.460 e. The molecule has 1 heterocycles. The lowest BCUT2D eigenvalue weighted by molar-refractivity contribution is -0.158. The number of nitrogens with two attached hydrogens (primary N) is 1. The highest BCUT2D eigenvalue weighted by atomic mass is 127. The normalized spacial score (nSPS) is 17.8. The fourth-order valence-electron chi connectivity index (χ4n) is 4.65. The SMILES string of the molecule is CC(C)(C)OC(=O)CC[C@H](NC(=O)N[C@@H](CCCCNC(=O)[C@@H](N)CCCc1ccccc1)C(=O)OC1(C)C=IC1)C(=O)OC(C)(C)C. The number of urea groups is 1. The summed E-state index contributed by atoms with van der Waals surface area (Å²) < 4.78 is 19.3. The number of benzene rings is 1. The average Bonchev–Trinajstić information content (AvgIpc) is 2.96. The topological polar surface area (TPSA) is 175 Å². The number of unbranched alkanes of at least 4 members (excludes halogenated alkanes) is 1. The van der Waals surface area contributed by atoms with Crippen LogP contribution in [0.5, 0.6) is 0 Å². The molecule has 0 spiro atoms. The lowest BCUT2D eigenvalue weighted by atomic mass is 10.0. The Kier molecular flexibility index (Phi) is 16.4. The number of hydrogen-bond donors (Lipinski definition) is 4. The second-order valence-electron chi connectivity index (χ2n) is 14.3. The van der Waals surface area contributed by atoms with Crippen LogP contribution in [0.4, 0.5) is 4.79 Å². The van der Waals surface area contributed by atoms with E-state index in [1.807, 2.05) is 41.3 Å². The molecular formula is C35H55IN4O8. The third-order valence-electron chi connectivity index (χ3n) is 7.01. The molecule has 3 amide bonds. The molecule has 1 aliphatic heterocycles. The van der Waals surface area contributed by atoms with Crippen LogP contribution in [-0.2, 0) is 39.8 Å². The third-order valence-corrected chi connectivity index (χ3v) is 10.7. The highest BCUT2D eigenvalue weighted by Gasteiger charge is 2.35. The maximum atomic E-state index is 13.2. The first kappa shape index (κ1) is 41.1. The van der Waals surface area contributed by atoms with E-state index in [1.54, 1.807) is 41.5 Å². The summed E-state index contributed by atoms with van der Waals surface area (Å²) in [6.07, 6.45) is 3.29. The number of carbonyl (C=O) groups excluding carboxylic acids is 5. The summed E-state index contributed by atoms with van der Waals surface area (Å²) in [5.41, 5.74) is 5.10. The summed E-state index contributed by atoms with van der Waals surface area (Å²) in [7, 11) is 0. The number of amides is 3. The minimum absolute atomic E-state index is 0.0584. The Morgan fingerprint density at radius 2 is 1.46 bits per heavy atom. The summed E-state index contributed by atoms with van der Waals surface area (Å²) in [5, 5.41) is 8.09. The molecule has 13 heteroatoms. The van der Waals surface area contributed by atoms with Gasteiger partial charge in [0.05, 0.1) is 6.04 Å². The maximum absolute atomic E-state index is 13.2. The number of halogens is 1. The molecule has 1 aromatic rings. The van der Waals surface area contributed by atoms with Crippen LogP contribution < -0.4 is 21.7 Å². The van der Waals surface area contributed by atoms with Crippen molar-refractivity contribution in [3.63, 3.8) is 0 Å². The molecule has 0 saturated carbocycles. The van der Waals surface area contributed by atoms with Gasteiger partial charge in [-0.05, 0) is 103 Å². The molecule has 270 valence electrons. The zero-order valence-corrected chi connectivity index (χ0v) is 31.6. The van der Waals surface area contributed by atoms with Gasteiger partial charge in [-0.15, -0.1) is 20.7 Å². The molecule has 0 aromatic heterocycles. The van der Waals surface area contributed by atoms with E-state index in [2.05, 4.69) is 16.0 Å². The average molecular weight is 787 g/mol. The van der Waals surface area contributed by atoms with Gasteiger partial charge in [-0.25, -0.2) is 14.4 Å². The van der Waals surface area contributed by atoms with Crippen LogP contribution in [0.2, 0.25) is 0 Å². The molecule has 12 nitrogen and oxygen atoms in total. The summed E-state index contributed by atoms with van der Waals surface area (Å²) in [4.78, 5) is 64.2. The van der Waals surface area contributed by atoms with E-state index < -0.39 is 58.9 Å². The Bertz CT molecular complexity index is 1260. The lowest BCUT2D eigenvalue weighted by Crippen LogP contribution is -2.54. The minimum atomic E-state index is -1.16. The molecule has 5 N–H and O–H groups in total. The Balaban J connectivity index is 1.93. The molecule has 48 heavy (non-hydrogen) atoms. The Hall–Kier alpha value is -3.07. The van der Waals surface area contributed by atoms with Crippen molar-refractivity contribution in [1.82, 2.24) is 16.0 Å². The molecule has 0 aliphatic carbocycles. The smallest absolute Gasteiger partial charge is 0.329 e. The maximum Gasteiger partial charge on any atom is 0.329 e. The van der Waals surface area contributed by atoms with Crippen molar-refractivity contribution < 1.29 is 38.2 Å². The van der Waals surface area contributed by atoms with Gasteiger partial charge in [-0.3, -0.25) is 9.59 Å². The molecule has 2 rings (SSSR count). The molecule has 1 aromatic carbocycles. The van der Waals surface area contributed by atoms with Crippen molar-refractivity contribution in [3.05, 3.63) is 35.9 Å². The molecule has 4 atom stereocenters. The van der Waals surface area contributed by atoms with Crippen LogP contribution in [0.3, 0.4) is 0 Å². The number of carbonyl (C=O) groups is 5. The molecule has 1 aliphatic rings. The van der Waals surface area contributed by atoms with E-state index in [4.69, 9.17) is 19.9 Å². The van der Waals surface area contributed by atoms with E-state index in [-0.39, 0.29) is 45.9 Å². The van der Waals surface area contributed by atoms with Crippen molar-refractivity contribution >= 4 is 54.6 Å². The summed E-state index contributed by atoms with van der Waals surface area (Å²) in [6.45, 7) is 12.5. The fourth-order valence-corrected chi connectivity index (χ4v) is 6.61. The first-order valence-electron chi connectivity index (χ1n) is 16.6. The monoisotopic (exact) mass is 786 g/mol. The number of hydrogen-bond acceptors (Lipinski definition) is 9. The van der Waals surface area contributed by atoms with Crippen LogP contribution in [0, 0.1) is 0 Å². The van der Waals surface area contributed by atoms with Crippen molar-refractivity contribution in [1.29, 1.82) is 0 Å². The lowest BCUT2D eigenvalue weighted by Gasteiger charge is -2.32. The van der Waals surface area contributed by atoms with E-state index in [1.165, 1.54) is 5.56 Å². The standard InChI is InChI=1S/C35H55IN4O8/c1-33(2,3)46-28(41)20-19-27(30(43)47-34(4,5)6)40-32(45)39-26(31(44)48-35(7)22-36-23-35)18-11-12-21-38-29(42)25(37)17-13-16-24-14-9-8-10-15-24/h8-10,14-15,22,25-27H,11-13,16-21,23,37H2,1-7H3,(H,38,42)(H2,39,40,45)/t25-,26-,27-,35?/m0/s1. The van der Waals surface area contributed by atoms with E-state index in [0.29, 0.717) is 25.8 Å². The molecule has 1 unspecified atom stereocenters. The van der Waals surface area contributed by atoms with E-state index in [9.17, 15) is 24.0 Å². The highest BCUT2D eigenvalue weighted by molar-refractivity contribution is 14.2. The molecule has 0 radical (unpaired) electrons. The zero-order valence-electron chi connectivity index (χ0n) is 29.5. The molecule has 0 saturated heterocycles. The third kappa shape index (κ3) is 16.8. The first-order valence-corrected chi connectivity index (χ1v) is 19.4. The number of ether oxygens (including phenoxy) is 3. The Morgan fingerprint density at radius 1 is 0.854 bits per heavy atom. The first-order chi connectivity index (χ1) is 22.4. The second kappa shape index (κ2) is 19.2. The van der Waals surface area contributed by atoms with Crippen LogP contribution in [0.25, 0.3) is 0 Å². The fraction of sp³-hybridized carbons (Fsp3) is 0.657. The zero-order chi connectivity index (χ0) is 36.0. The van der Waals surface area contributed by atoms with E-state index >= 15 is 0 Å². The second-order valence-corrected chi connectivity index (χ2v) is 16.5. The van der Waals surface area contributed by atoms with E-state index in [0.717, 1.165) is 17.3 Å². The predicted octanol–water partition coefficient (Wildman–Crippen LogP) is 4.21. The van der Waals surface area contributed by atoms with Crippen molar-refractivity contribution in [2.45, 2.75) is 135 Å². The van der Waals surface area contributed by atoms with Gasteiger partial charge >= 0.3 is 23.9 Å². The Morgan fingerprint density at radius 3 is 2.02 bits per heavy atom. The van der Waals surface area contributed by atoms with Crippen LogP contribution in [0.15, 0.2) is 30.3 Å². The summed E-state index contributed by atoms with van der Waals surface area (Å²) in [5.74, 6) is -2.05. The van der Waals surface area contributed by atoms with Gasteiger partial charge in [-0.2, -0.15) is 0 Å². The van der Waals surface area contributed by atoms with Gasteiger partial charge in [0.25, 0.3) is 0 Å². The molecule has 0 fully saturated rings. The van der Waals surface area contributed by atoms with Gasteiger partial charge < -0.3 is 35.9 Å². The number of rotatable bonds is 18. The van der Waals surface area contributed by atoms with Crippen LogP contribution in [-0.4, -0.2) is 79.8 Å². The predicted molar refractivity (Wildman–Crippen MR) is 194 cm³/mol. The summed E-state index contributed by atoms with van der Waals surface area (Å²) >= 11 is -0.105. The van der Waals surface area contributed by atoms with Crippen molar-refractivity contribution in [2.75, 3.05) is 11.0 Å². The minimum Gasteiger partial charge on any atom is -0.460 e. The van der Waals surface area contributed by atoms with Crippen LogP contribution in [0.1, 0.15) is 99.0 Å². The van der Waals surface area contributed by atoms with Gasteiger partial charge in [0.2, 0.25) is 5.91 Å². The van der Waals surface area contributed by atoms with Crippen molar-refractivity contribution in [2.24, 2.45) is 5.73 Å². The van der Waals surface area contributed by atoms with Gasteiger partial charge in [0.1, 0.15) is 28.9 Å². The van der Waals surface area contributed by atoms with Crippen molar-refractivity contribution in [3.8, 4) is 0 Å². The number of alkyl halides is 1. The number of esters is 3.